The first-order chi connectivity index (χ1) is 8.33. The van der Waals surface area contributed by atoms with Gasteiger partial charge in [0, 0.05) is 10.3 Å². The van der Waals surface area contributed by atoms with Gasteiger partial charge in [-0.1, -0.05) is 30.0 Å². The van der Waals surface area contributed by atoms with Crippen LogP contribution in [-0.4, -0.2) is 9.97 Å². The third-order valence-electron chi connectivity index (χ3n) is 2.27. The van der Waals surface area contributed by atoms with E-state index >= 15 is 0 Å². The Morgan fingerprint density at radius 3 is 2.71 bits per heavy atom. The molecular formula is C12H9N3S2. The molecule has 0 unspecified atom stereocenters. The summed E-state index contributed by atoms with van der Waals surface area (Å²) in [6.07, 6.45) is 0. The van der Waals surface area contributed by atoms with Gasteiger partial charge in [0.2, 0.25) is 5.95 Å². The highest BCUT2D eigenvalue weighted by Gasteiger charge is 2.08. The Kier molecular flexibility index (Phi) is 2.70. The van der Waals surface area contributed by atoms with Crippen LogP contribution in [0.1, 0.15) is 0 Å². The molecule has 2 aromatic heterocycles. The number of anilines is 1. The molecular weight excluding hydrogens is 250 g/mol. The Morgan fingerprint density at radius 2 is 1.88 bits per heavy atom. The number of thiophene rings is 1. The van der Waals surface area contributed by atoms with Gasteiger partial charge in [0.15, 0.2) is 0 Å². The first-order valence-electron chi connectivity index (χ1n) is 5.06. The molecule has 0 aliphatic heterocycles. The van der Waals surface area contributed by atoms with E-state index in [0.29, 0.717) is 5.95 Å². The molecule has 2 N–H and O–H groups in total. The van der Waals surface area contributed by atoms with E-state index in [9.17, 15) is 0 Å². The van der Waals surface area contributed by atoms with Crippen molar-refractivity contribution in [3.05, 3.63) is 41.8 Å². The summed E-state index contributed by atoms with van der Waals surface area (Å²) in [6, 6.07) is 12.2. The number of hydrogen-bond acceptors (Lipinski definition) is 5. The lowest BCUT2D eigenvalue weighted by Gasteiger charge is -2.03. The third-order valence-corrected chi connectivity index (χ3v) is 4.08. The molecule has 1 aromatic carbocycles. The van der Waals surface area contributed by atoms with E-state index in [4.69, 9.17) is 5.73 Å². The second kappa shape index (κ2) is 4.35. The van der Waals surface area contributed by atoms with Gasteiger partial charge in [-0.15, -0.1) is 11.3 Å². The van der Waals surface area contributed by atoms with E-state index in [2.05, 4.69) is 22.1 Å². The van der Waals surface area contributed by atoms with Crippen molar-refractivity contribution in [1.29, 1.82) is 0 Å². The number of nitrogen functional groups attached to an aromatic ring is 1. The van der Waals surface area contributed by atoms with E-state index in [1.807, 2.05) is 29.6 Å². The molecule has 0 saturated carbocycles. The smallest absolute Gasteiger partial charge is 0.222 e. The van der Waals surface area contributed by atoms with E-state index < -0.39 is 0 Å². The molecule has 3 nitrogen and oxygen atoms in total. The van der Waals surface area contributed by atoms with Crippen molar-refractivity contribution < 1.29 is 0 Å². The molecule has 5 heteroatoms. The molecule has 0 atom stereocenters. The first-order valence-corrected chi connectivity index (χ1v) is 6.76. The van der Waals surface area contributed by atoms with Crippen LogP contribution in [0.4, 0.5) is 5.95 Å². The first kappa shape index (κ1) is 10.6. The zero-order valence-corrected chi connectivity index (χ0v) is 10.5. The van der Waals surface area contributed by atoms with Crippen molar-refractivity contribution in [2.75, 3.05) is 5.73 Å². The van der Waals surface area contributed by atoms with Crippen molar-refractivity contribution in [2.45, 2.75) is 9.92 Å². The van der Waals surface area contributed by atoms with E-state index in [1.165, 1.54) is 0 Å². The number of rotatable bonds is 2. The number of fused-ring (bicyclic) bond motifs is 1. The predicted octanol–water partition coefficient (Wildman–Crippen LogP) is 3.42. The van der Waals surface area contributed by atoms with Crippen LogP contribution in [0.25, 0.3) is 10.2 Å². The molecule has 0 amide bonds. The van der Waals surface area contributed by atoms with Gasteiger partial charge in [0.1, 0.15) is 9.86 Å². The second-order valence-corrected chi connectivity index (χ2v) is 5.40. The van der Waals surface area contributed by atoms with Crippen molar-refractivity contribution in [3.63, 3.8) is 0 Å². The lowest BCUT2D eigenvalue weighted by atomic mass is 10.4. The van der Waals surface area contributed by atoms with E-state index in [0.717, 1.165) is 20.1 Å². The molecule has 3 rings (SSSR count). The Balaban J connectivity index is 2.08. The predicted molar refractivity (Wildman–Crippen MR) is 72.4 cm³/mol. The minimum atomic E-state index is 0.332. The van der Waals surface area contributed by atoms with Crippen molar-refractivity contribution in [3.8, 4) is 0 Å². The lowest BCUT2D eigenvalue weighted by molar-refractivity contribution is 1.12. The van der Waals surface area contributed by atoms with Crippen LogP contribution in [0.5, 0.6) is 0 Å². The molecule has 0 saturated heterocycles. The van der Waals surface area contributed by atoms with E-state index in [-0.39, 0.29) is 0 Å². The number of nitrogens with two attached hydrogens (primary N) is 1. The largest absolute Gasteiger partial charge is 0.368 e. The minimum Gasteiger partial charge on any atom is -0.368 e. The summed E-state index contributed by atoms with van der Waals surface area (Å²) in [4.78, 5) is 10.6. The maximum absolute atomic E-state index is 5.71. The Hall–Kier alpha value is -1.59. The van der Waals surface area contributed by atoms with Gasteiger partial charge in [0.05, 0.1) is 0 Å². The molecule has 0 aliphatic rings. The molecule has 0 spiro atoms. The molecule has 0 bridgehead atoms. The van der Waals surface area contributed by atoms with Gasteiger partial charge < -0.3 is 5.73 Å². The van der Waals surface area contributed by atoms with Gasteiger partial charge in [-0.05, 0) is 23.6 Å². The average Bonchev–Trinajstić information content (AvgIpc) is 2.78. The molecule has 2 heterocycles. The van der Waals surface area contributed by atoms with Gasteiger partial charge in [-0.3, -0.25) is 0 Å². The summed E-state index contributed by atoms with van der Waals surface area (Å²) < 4.78 is 0. The summed E-state index contributed by atoms with van der Waals surface area (Å²) >= 11 is 3.19. The van der Waals surface area contributed by atoms with Crippen molar-refractivity contribution in [1.82, 2.24) is 9.97 Å². The quantitative estimate of drug-likeness (QED) is 0.716. The Bertz CT molecular complexity index is 649. The van der Waals surface area contributed by atoms with Crippen LogP contribution in [0.15, 0.2) is 51.7 Å². The monoisotopic (exact) mass is 259 g/mol. The topological polar surface area (TPSA) is 51.8 Å². The zero-order chi connectivity index (χ0) is 11.7. The maximum atomic E-state index is 5.71. The Labute approximate surface area is 107 Å². The maximum Gasteiger partial charge on any atom is 0.222 e. The summed E-state index contributed by atoms with van der Waals surface area (Å²) in [5.74, 6) is 0.332. The summed E-state index contributed by atoms with van der Waals surface area (Å²) in [7, 11) is 0. The number of hydrogen-bond donors (Lipinski definition) is 1. The minimum absolute atomic E-state index is 0.332. The standard InChI is InChI=1S/C12H9N3S2/c13-12-14-10-9(6-7-16-10)11(15-12)17-8-4-2-1-3-5-8/h1-7H,(H2,13,14,15). The van der Waals surface area contributed by atoms with E-state index in [1.54, 1.807) is 23.1 Å². The van der Waals surface area contributed by atoms with Crippen LogP contribution in [0, 0.1) is 0 Å². The van der Waals surface area contributed by atoms with Gasteiger partial charge in [0.25, 0.3) is 0 Å². The molecule has 0 aliphatic carbocycles. The molecule has 3 aromatic rings. The van der Waals surface area contributed by atoms with Crippen LogP contribution < -0.4 is 5.73 Å². The normalized spacial score (nSPS) is 10.8. The Morgan fingerprint density at radius 1 is 1.06 bits per heavy atom. The van der Waals surface area contributed by atoms with Crippen LogP contribution in [0.2, 0.25) is 0 Å². The van der Waals surface area contributed by atoms with Gasteiger partial charge in [-0.2, -0.15) is 0 Å². The molecule has 0 fully saturated rings. The average molecular weight is 259 g/mol. The van der Waals surface area contributed by atoms with Crippen LogP contribution >= 0.6 is 23.1 Å². The summed E-state index contributed by atoms with van der Waals surface area (Å²) in [5.41, 5.74) is 5.71. The summed E-state index contributed by atoms with van der Waals surface area (Å²) in [5, 5.41) is 3.99. The molecule has 84 valence electrons. The van der Waals surface area contributed by atoms with Gasteiger partial charge >= 0.3 is 0 Å². The third kappa shape index (κ3) is 2.11. The molecule has 17 heavy (non-hydrogen) atoms. The summed E-state index contributed by atoms with van der Waals surface area (Å²) in [6.45, 7) is 0. The second-order valence-electron chi connectivity index (χ2n) is 3.44. The highest BCUT2D eigenvalue weighted by Crippen LogP contribution is 2.33. The van der Waals surface area contributed by atoms with Crippen LogP contribution in [0.3, 0.4) is 0 Å². The number of benzene rings is 1. The van der Waals surface area contributed by atoms with Crippen molar-refractivity contribution in [2.24, 2.45) is 0 Å². The zero-order valence-electron chi connectivity index (χ0n) is 8.83. The molecule has 0 radical (unpaired) electrons. The fourth-order valence-electron chi connectivity index (χ4n) is 1.52. The van der Waals surface area contributed by atoms with Gasteiger partial charge in [-0.25, -0.2) is 9.97 Å². The fraction of sp³-hybridized carbons (Fsp3) is 0. The van der Waals surface area contributed by atoms with Crippen LogP contribution in [-0.2, 0) is 0 Å². The SMILES string of the molecule is Nc1nc(Sc2ccccc2)c2ccsc2n1. The lowest BCUT2D eigenvalue weighted by Crippen LogP contribution is -1.95. The van der Waals surface area contributed by atoms with Crippen molar-refractivity contribution >= 4 is 39.3 Å². The highest BCUT2D eigenvalue weighted by atomic mass is 32.2. The number of aromatic nitrogens is 2. The highest BCUT2D eigenvalue weighted by molar-refractivity contribution is 7.99. The number of nitrogens with zero attached hydrogens (tertiary/aromatic N) is 2. The fourth-order valence-corrected chi connectivity index (χ4v) is 3.29.